The molecule has 0 saturated carbocycles. The van der Waals surface area contributed by atoms with Crippen molar-refractivity contribution in [3.63, 3.8) is 0 Å². The Labute approximate surface area is 109 Å². The first-order valence-corrected chi connectivity index (χ1v) is 6.31. The van der Waals surface area contributed by atoms with Gasteiger partial charge in [-0.2, -0.15) is 5.10 Å². The van der Waals surface area contributed by atoms with Gasteiger partial charge in [-0.1, -0.05) is 26.0 Å². The second kappa shape index (κ2) is 4.92. The maximum Gasteiger partial charge on any atom is 0.119 e. The van der Waals surface area contributed by atoms with Crippen LogP contribution < -0.4 is 4.74 Å². The summed E-state index contributed by atoms with van der Waals surface area (Å²) in [6, 6.07) is 7.89. The molecular formula is C13H15BrN2O. The maximum atomic E-state index is 5.22. The molecule has 90 valence electrons. The Bertz CT molecular complexity index is 520. The summed E-state index contributed by atoms with van der Waals surface area (Å²) in [5.74, 6) is 1.25. The highest BCUT2D eigenvalue weighted by Crippen LogP contribution is 2.33. The zero-order valence-corrected chi connectivity index (χ0v) is 11.7. The van der Waals surface area contributed by atoms with Crippen LogP contribution in [-0.2, 0) is 0 Å². The van der Waals surface area contributed by atoms with Gasteiger partial charge in [0.1, 0.15) is 11.4 Å². The van der Waals surface area contributed by atoms with Crippen LogP contribution in [0.4, 0.5) is 0 Å². The minimum Gasteiger partial charge on any atom is -0.497 e. The van der Waals surface area contributed by atoms with Crippen molar-refractivity contribution < 1.29 is 4.74 Å². The van der Waals surface area contributed by atoms with Gasteiger partial charge in [-0.05, 0) is 34.0 Å². The number of H-pyrrole nitrogens is 1. The zero-order chi connectivity index (χ0) is 12.4. The van der Waals surface area contributed by atoms with Gasteiger partial charge in [0.25, 0.3) is 0 Å². The third-order valence-corrected chi connectivity index (χ3v) is 3.46. The molecule has 0 amide bonds. The SMILES string of the molecule is COc1cccc(-c2n[nH]c(C(C)C)c2Br)c1. The quantitative estimate of drug-likeness (QED) is 0.930. The molecule has 2 aromatic rings. The molecule has 1 aromatic heterocycles. The second-order valence-electron chi connectivity index (χ2n) is 4.19. The van der Waals surface area contributed by atoms with Gasteiger partial charge >= 0.3 is 0 Å². The Balaban J connectivity index is 2.46. The molecule has 1 N–H and O–H groups in total. The average molecular weight is 295 g/mol. The lowest BCUT2D eigenvalue weighted by molar-refractivity contribution is 0.415. The molecule has 3 nitrogen and oxygen atoms in total. The van der Waals surface area contributed by atoms with E-state index in [-0.39, 0.29) is 0 Å². The standard InChI is InChI=1S/C13H15BrN2O/c1-8(2)12-11(14)13(16-15-12)9-5-4-6-10(7-9)17-3/h4-8H,1-3H3,(H,15,16). The van der Waals surface area contributed by atoms with Crippen molar-refractivity contribution in [2.24, 2.45) is 0 Å². The molecule has 0 atom stereocenters. The number of methoxy groups -OCH3 is 1. The minimum atomic E-state index is 0.413. The minimum absolute atomic E-state index is 0.413. The topological polar surface area (TPSA) is 37.9 Å². The van der Waals surface area contributed by atoms with E-state index in [9.17, 15) is 0 Å². The lowest BCUT2D eigenvalue weighted by Gasteiger charge is -2.03. The molecule has 0 aliphatic carbocycles. The van der Waals surface area contributed by atoms with Gasteiger partial charge in [-0.15, -0.1) is 0 Å². The van der Waals surface area contributed by atoms with Crippen molar-refractivity contribution in [3.8, 4) is 17.0 Å². The van der Waals surface area contributed by atoms with Crippen molar-refractivity contribution in [2.75, 3.05) is 7.11 Å². The summed E-state index contributed by atoms with van der Waals surface area (Å²) in [5, 5.41) is 7.43. The highest BCUT2D eigenvalue weighted by Gasteiger charge is 2.14. The van der Waals surface area contributed by atoms with Crippen LogP contribution in [0.1, 0.15) is 25.5 Å². The van der Waals surface area contributed by atoms with Crippen LogP contribution in [0.5, 0.6) is 5.75 Å². The number of nitrogens with zero attached hydrogens (tertiary/aromatic N) is 1. The Morgan fingerprint density at radius 3 is 2.71 bits per heavy atom. The van der Waals surface area contributed by atoms with E-state index in [2.05, 4.69) is 40.0 Å². The van der Waals surface area contributed by atoms with Gasteiger partial charge in [0.2, 0.25) is 0 Å². The third-order valence-electron chi connectivity index (χ3n) is 2.65. The molecule has 0 bridgehead atoms. The number of ether oxygens (including phenoxy) is 1. The van der Waals surface area contributed by atoms with Gasteiger partial charge in [-0.3, -0.25) is 5.10 Å². The highest BCUT2D eigenvalue weighted by molar-refractivity contribution is 9.10. The number of benzene rings is 1. The first-order valence-electron chi connectivity index (χ1n) is 5.51. The number of rotatable bonds is 3. The van der Waals surface area contributed by atoms with Gasteiger partial charge in [0.15, 0.2) is 0 Å². The largest absolute Gasteiger partial charge is 0.497 e. The molecule has 0 fully saturated rings. The van der Waals surface area contributed by atoms with Gasteiger partial charge in [-0.25, -0.2) is 0 Å². The third kappa shape index (κ3) is 2.36. The first kappa shape index (κ1) is 12.2. The fourth-order valence-electron chi connectivity index (χ4n) is 1.69. The summed E-state index contributed by atoms with van der Waals surface area (Å²) < 4.78 is 6.25. The van der Waals surface area contributed by atoms with Crippen molar-refractivity contribution in [1.82, 2.24) is 10.2 Å². The summed E-state index contributed by atoms with van der Waals surface area (Å²) >= 11 is 3.60. The van der Waals surface area contributed by atoms with Crippen LogP contribution >= 0.6 is 15.9 Å². The molecule has 0 radical (unpaired) electrons. The number of halogens is 1. The van der Waals surface area contributed by atoms with E-state index in [0.29, 0.717) is 5.92 Å². The Morgan fingerprint density at radius 2 is 2.12 bits per heavy atom. The molecule has 1 heterocycles. The molecule has 1 aromatic carbocycles. The molecule has 17 heavy (non-hydrogen) atoms. The van der Waals surface area contributed by atoms with E-state index in [0.717, 1.165) is 27.2 Å². The van der Waals surface area contributed by atoms with Gasteiger partial charge < -0.3 is 4.74 Å². The van der Waals surface area contributed by atoms with Crippen molar-refractivity contribution in [2.45, 2.75) is 19.8 Å². The molecule has 0 aliphatic heterocycles. The second-order valence-corrected chi connectivity index (χ2v) is 4.98. The van der Waals surface area contributed by atoms with Crippen LogP contribution in [0.2, 0.25) is 0 Å². The Kier molecular flexibility index (Phi) is 3.52. The van der Waals surface area contributed by atoms with E-state index in [1.165, 1.54) is 0 Å². The smallest absolute Gasteiger partial charge is 0.119 e. The predicted molar refractivity (Wildman–Crippen MR) is 72.4 cm³/mol. The molecule has 0 saturated heterocycles. The summed E-state index contributed by atoms with van der Waals surface area (Å²) in [6.07, 6.45) is 0. The van der Waals surface area contributed by atoms with Crippen LogP contribution in [0, 0.1) is 0 Å². The average Bonchev–Trinajstić information content (AvgIpc) is 2.71. The fourth-order valence-corrected chi connectivity index (χ4v) is 2.55. The maximum absolute atomic E-state index is 5.22. The molecule has 4 heteroatoms. The summed E-state index contributed by atoms with van der Waals surface area (Å²) in [5.41, 5.74) is 3.08. The summed E-state index contributed by atoms with van der Waals surface area (Å²) in [6.45, 7) is 4.27. The summed E-state index contributed by atoms with van der Waals surface area (Å²) in [7, 11) is 1.66. The lowest BCUT2D eigenvalue weighted by atomic mass is 10.1. The van der Waals surface area contributed by atoms with E-state index in [1.54, 1.807) is 7.11 Å². The van der Waals surface area contributed by atoms with E-state index >= 15 is 0 Å². The summed E-state index contributed by atoms with van der Waals surface area (Å²) in [4.78, 5) is 0. The van der Waals surface area contributed by atoms with E-state index in [4.69, 9.17) is 4.74 Å². The van der Waals surface area contributed by atoms with E-state index in [1.807, 2.05) is 24.3 Å². The predicted octanol–water partition coefficient (Wildman–Crippen LogP) is 3.97. The Hall–Kier alpha value is -1.29. The van der Waals surface area contributed by atoms with Crippen LogP contribution in [0.25, 0.3) is 11.3 Å². The number of nitrogens with one attached hydrogen (secondary N) is 1. The van der Waals surface area contributed by atoms with Gasteiger partial charge in [0.05, 0.1) is 17.3 Å². The molecule has 0 aliphatic rings. The molecule has 0 spiro atoms. The first-order chi connectivity index (χ1) is 8.13. The normalized spacial score (nSPS) is 10.9. The van der Waals surface area contributed by atoms with Crippen molar-refractivity contribution in [1.29, 1.82) is 0 Å². The number of hydrogen-bond donors (Lipinski definition) is 1. The fraction of sp³-hybridized carbons (Fsp3) is 0.308. The number of aromatic amines is 1. The molecule has 2 rings (SSSR count). The molecular weight excluding hydrogens is 280 g/mol. The van der Waals surface area contributed by atoms with Crippen LogP contribution in [-0.4, -0.2) is 17.3 Å². The highest BCUT2D eigenvalue weighted by atomic mass is 79.9. The monoisotopic (exact) mass is 294 g/mol. The lowest BCUT2D eigenvalue weighted by Crippen LogP contribution is -1.87. The van der Waals surface area contributed by atoms with Crippen molar-refractivity contribution in [3.05, 3.63) is 34.4 Å². The van der Waals surface area contributed by atoms with Crippen LogP contribution in [0.15, 0.2) is 28.7 Å². The van der Waals surface area contributed by atoms with Crippen LogP contribution in [0.3, 0.4) is 0 Å². The number of hydrogen-bond acceptors (Lipinski definition) is 2. The van der Waals surface area contributed by atoms with Gasteiger partial charge in [0, 0.05) is 5.56 Å². The van der Waals surface area contributed by atoms with E-state index < -0.39 is 0 Å². The molecule has 0 unspecified atom stereocenters. The zero-order valence-electron chi connectivity index (χ0n) is 10.1. The number of aromatic nitrogens is 2. The Morgan fingerprint density at radius 1 is 1.35 bits per heavy atom. The van der Waals surface area contributed by atoms with Crippen molar-refractivity contribution >= 4 is 15.9 Å².